The molecule has 1 fully saturated rings. The first-order valence-corrected chi connectivity index (χ1v) is 7.21. The van der Waals surface area contributed by atoms with Crippen molar-refractivity contribution in [1.29, 1.82) is 5.26 Å². The topological polar surface area (TPSA) is 83.0 Å². The van der Waals surface area contributed by atoms with Crippen molar-refractivity contribution in [2.75, 3.05) is 13.1 Å². The molecule has 22 heavy (non-hydrogen) atoms. The molecule has 1 saturated heterocycles. The lowest BCUT2D eigenvalue weighted by atomic mass is 9.82. The standard InChI is InChI=1S/C16H16N4O2/c1-16(11-17)7-9-20(10-8-16)15(21)14-18-13(19-22-14)12-5-3-2-4-6-12/h2-6H,7-10H2,1H3. The molecule has 3 rings (SSSR count). The molecule has 0 spiro atoms. The molecule has 6 heteroatoms. The molecule has 0 atom stereocenters. The van der Waals surface area contributed by atoms with Crippen LogP contribution in [0.25, 0.3) is 11.4 Å². The Labute approximate surface area is 128 Å². The monoisotopic (exact) mass is 296 g/mol. The average molecular weight is 296 g/mol. The summed E-state index contributed by atoms with van der Waals surface area (Å²) in [5.41, 5.74) is 0.460. The van der Waals surface area contributed by atoms with Gasteiger partial charge in [0.1, 0.15) is 0 Å². The van der Waals surface area contributed by atoms with Crippen LogP contribution in [0.1, 0.15) is 30.5 Å². The maximum absolute atomic E-state index is 12.4. The minimum atomic E-state index is -0.346. The molecular weight excluding hydrogens is 280 g/mol. The molecule has 0 N–H and O–H groups in total. The molecule has 1 aromatic heterocycles. The van der Waals surface area contributed by atoms with Crippen molar-refractivity contribution >= 4 is 5.91 Å². The molecule has 2 heterocycles. The van der Waals surface area contributed by atoms with Crippen LogP contribution < -0.4 is 0 Å². The van der Waals surface area contributed by atoms with Crippen LogP contribution in [0.3, 0.4) is 0 Å². The molecule has 1 aromatic carbocycles. The Bertz CT molecular complexity index is 709. The molecule has 112 valence electrons. The van der Waals surface area contributed by atoms with Crippen molar-refractivity contribution in [3.8, 4) is 17.5 Å². The Morgan fingerprint density at radius 3 is 2.64 bits per heavy atom. The lowest BCUT2D eigenvalue weighted by molar-refractivity contribution is 0.0612. The maximum Gasteiger partial charge on any atom is 0.316 e. The molecule has 6 nitrogen and oxygen atoms in total. The largest absolute Gasteiger partial charge is 0.334 e. The second kappa shape index (κ2) is 5.60. The van der Waals surface area contributed by atoms with E-state index in [4.69, 9.17) is 9.78 Å². The predicted molar refractivity (Wildman–Crippen MR) is 78.6 cm³/mol. The third-order valence-electron chi connectivity index (χ3n) is 4.07. The number of aromatic nitrogens is 2. The fraction of sp³-hybridized carbons (Fsp3) is 0.375. The molecule has 0 bridgehead atoms. The minimum Gasteiger partial charge on any atom is -0.334 e. The normalized spacial score (nSPS) is 17.0. The highest BCUT2D eigenvalue weighted by Gasteiger charge is 2.33. The third kappa shape index (κ3) is 2.70. The van der Waals surface area contributed by atoms with Crippen molar-refractivity contribution in [1.82, 2.24) is 15.0 Å². The average Bonchev–Trinajstić information content (AvgIpc) is 3.06. The SMILES string of the molecule is CC1(C#N)CCN(C(=O)c2nc(-c3ccccc3)no2)CC1. The van der Waals surface area contributed by atoms with Gasteiger partial charge in [0.05, 0.1) is 11.5 Å². The van der Waals surface area contributed by atoms with Gasteiger partial charge in [0.15, 0.2) is 0 Å². The molecule has 0 radical (unpaired) electrons. The van der Waals surface area contributed by atoms with Crippen molar-refractivity contribution in [2.24, 2.45) is 5.41 Å². The van der Waals surface area contributed by atoms with Gasteiger partial charge < -0.3 is 9.42 Å². The number of hydrogen-bond acceptors (Lipinski definition) is 5. The smallest absolute Gasteiger partial charge is 0.316 e. The van der Waals surface area contributed by atoms with E-state index in [1.807, 2.05) is 37.3 Å². The molecular formula is C16H16N4O2. The number of nitriles is 1. The summed E-state index contributed by atoms with van der Waals surface area (Å²) in [6.07, 6.45) is 1.32. The second-order valence-electron chi connectivity index (χ2n) is 5.75. The number of hydrogen-bond donors (Lipinski definition) is 0. The van der Waals surface area contributed by atoms with Crippen LogP contribution >= 0.6 is 0 Å². The van der Waals surface area contributed by atoms with E-state index in [0.717, 1.165) is 5.56 Å². The van der Waals surface area contributed by atoms with Crippen molar-refractivity contribution in [3.05, 3.63) is 36.2 Å². The van der Waals surface area contributed by atoms with E-state index in [-0.39, 0.29) is 17.2 Å². The van der Waals surface area contributed by atoms with Crippen LogP contribution in [0.4, 0.5) is 0 Å². The van der Waals surface area contributed by atoms with E-state index < -0.39 is 0 Å². The highest BCUT2D eigenvalue weighted by Crippen LogP contribution is 2.30. The van der Waals surface area contributed by atoms with Gasteiger partial charge in [-0.05, 0) is 19.8 Å². The summed E-state index contributed by atoms with van der Waals surface area (Å²) in [6, 6.07) is 11.7. The van der Waals surface area contributed by atoms with Gasteiger partial charge in [-0.15, -0.1) is 0 Å². The molecule has 0 unspecified atom stereocenters. The Kier molecular flexibility index (Phi) is 3.63. The zero-order valence-electron chi connectivity index (χ0n) is 12.3. The van der Waals surface area contributed by atoms with Crippen LogP contribution in [0, 0.1) is 16.7 Å². The van der Waals surface area contributed by atoms with Crippen LogP contribution in [-0.2, 0) is 0 Å². The number of likely N-dealkylation sites (tertiary alicyclic amines) is 1. The van der Waals surface area contributed by atoms with Crippen molar-refractivity contribution in [3.63, 3.8) is 0 Å². The maximum atomic E-state index is 12.4. The van der Waals surface area contributed by atoms with E-state index in [9.17, 15) is 4.79 Å². The lowest BCUT2D eigenvalue weighted by Crippen LogP contribution is -2.41. The van der Waals surface area contributed by atoms with Gasteiger partial charge in [-0.1, -0.05) is 35.5 Å². The third-order valence-corrected chi connectivity index (χ3v) is 4.07. The highest BCUT2D eigenvalue weighted by atomic mass is 16.5. The number of rotatable bonds is 2. The molecule has 0 aliphatic carbocycles. The number of piperidine rings is 1. The van der Waals surface area contributed by atoms with E-state index in [2.05, 4.69) is 16.2 Å². The Morgan fingerprint density at radius 2 is 2.00 bits per heavy atom. The lowest BCUT2D eigenvalue weighted by Gasteiger charge is -2.34. The van der Waals surface area contributed by atoms with Gasteiger partial charge in [0, 0.05) is 18.7 Å². The van der Waals surface area contributed by atoms with E-state index in [1.54, 1.807) is 4.90 Å². The van der Waals surface area contributed by atoms with E-state index >= 15 is 0 Å². The Balaban J connectivity index is 1.72. The Hall–Kier alpha value is -2.68. The fourth-order valence-electron chi connectivity index (χ4n) is 2.47. The predicted octanol–water partition coefficient (Wildman–Crippen LogP) is 2.50. The van der Waals surface area contributed by atoms with Gasteiger partial charge in [0.2, 0.25) is 5.82 Å². The molecule has 2 aromatic rings. The number of carbonyl (C=O) groups is 1. The van der Waals surface area contributed by atoms with Crippen LogP contribution in [0.5, 0.6) is 0 Å². The second-order valence-corrected chi connectivity index (χ2v) is 5.75. The first-order chi connectivity index (χ1) is 10.6. The van der Waals surface area contributed by atoms with Crippen molar-refractivity contribution < 1.29 is 9.32 Å². The van der Waals surface area contributed by atoms with Crippen LogP contribution in [-0.4, -0.2) is 34.0 Å². The zero-order chi connectivity index (χ0) is 15.6. The summed E-state index contributed by atoms with van der Waals surface area (Å²) in [5.74, 6) is 0.136. The number of benzene rings is 1. The van der Waals surface area contributed by atoms with Crippen molar-refractivity contribution in [2.45, 2.75) is 19.8 Å². The Morgan fingerprint density at radius 1 is 1.32 bits per heavy atom. The van der Waals surface area contributed by atoms with Gasteiger partial charge in [-0.25, -0.2) is 0 Å². The summed E-state index contributed by atoms with van der Waals surface area (Å²) >= 11 is 0. The summed E-state index contributed by atoms with van der Waals surface area (Å²) < 4.78 is 5.10. The van der Waals surface area contributed by atoms with Crippen LogP contribution in [0.2, 0.25) is 0 Å². The molecule has 1 aliphatic heterocycles. The minimum absolute atomic E-state index is 0.000543. The van der Waals surface area contributed by atoms with Gasteiger partial charge >= 0.3 is 11.8 Å². The van der Waals surface area contributed by atoms with Gasteiger partial charge in [-0.3, -0.25) is 4.79 Å². The summed E-state index contributed by atoms with van der Waals surface area (Å²) in [6.45, 7) is 2.99. The zero-order valence-corrected chi connectivity index (χ0v) is 12.3. The van der Waals surface area contributed by atoms with Gasteiger partial charge in [0.25, 0.3) is 0 Å². The van der Waals surface area contributed by atoms with E-state index in [1.165, 1.54) is 0 Å². The number of nitrogens with zero attached hydrogens (tertiary/aromatic N) is 4. The van der Waals surface area contributed by atoms with Crippen LogP contribution in [0.15, 0.2) is 34.9 Å². The summed E-state index contributed by atoms with van der Waals surface area (Å²) in [4.78, 5) is 18.2. The summed E-state index contributed by atoms with van der Waals surface area (Å²) in [5, 5.41) is 13.0. The first kappa shape index (κ1) is 14.3. The molecule has 1 amide bonds. The van der Waals surface area contributed by atoms with E-state index in [0.29, 0.717) is 31.8 Å². The number of amides is 1. The van der Waals surface area contributed by atoms with Gasteiger partial charge in [-0.2, -0.15) is 10.2 Å². The summed E-state index contributed by atoms with van der Waals surface area (Å²) in [7, 11) is 0. The quantitative estimate of drug-likeness (QED) is 0.850. The highest BCUT2D eigenvalue weighted by molar-refractivity contribution is 5.90. The fourth-order valence-corrected chi connectivity index (χ4v) is 2.47. The first-order valence-electron chi connectivity index (χ1n) is 7.21. The molecule has 1 aliphatic rings. The number of carbonyl (C=O) groups excluding carboxylic acids is 1. The molecule has 0 saturated carbocycles.